The van der Waals surface area contributed by atoms with Crippen LogP contribution >= 0.6 is 0 Å². The first-order valence-corrected chi connectivity index (χ1v) is 13.4. The van der Waals surface area contributed by atoms with Gasteiger partial charge in [0.2, 0.25) is 0 Å². The molecule has 0 aromatic heterocycles. The average molecular weight is 572 g/mol. The standard InChI is InChI=1S/C28H45NO11/c1-25(2)27(30)39-23-22-38-21-20-37-19-18-36-17-16-35-15-14-34-13-12-33-11-10-32-9-8-29-28(31)40-24-26-6-4-3-5-7-26/h3-7H,1,8-24H2,2H3,(H,29,31). The van der Waals surface area contributed by atoms with Crippen LogP contribution in [-0.2, 0) is 54.0 Å². The van der Waals surface area contributed by atoms with Crippen LogP contribution in [0.3, 0.4) is 0 Å². The SMILES string of the molecule is C=C(C)C(=O)OCCOCCOCCOCCOCCOCCOCCOCCNC(=O)OCc1ccccc1. The highest BCUT2D eigenvalue weighted by Gasteiger charge is 2.03. The minimum Gasteiger partial charge on any atom is -0.460 e. The van der Waals surface area contributed by atoms with Crippen LogP contribution in [0.1, 0.15) is 12.5 Å². The van der Waals surface area contributed by atoms with Crippen molar-refractivity contribution in [2.45, 2.75) is 13.5 Å². The first-order valence-electron chi connectivity index (χ1n) is 13.4. The lowest BCUT2D eigenvalue weighted by atomic mass is 10.2. The molecule has 12 heteroatoms. The van der Waals surface area contributed by atoms with Crippen LogP contribution in [0.4, 0.5) is 4.79 Å². The van der Waals surface area contributed by atoms with Gasteiger partial charge < -0.3 is 47.9 Å². The number of hydrogen-bond donors (Lipinski definition) is 1. The van der Waals surface area contributed by atoms with Crippen molar-refractivity contribution in [1.29, 1.82) is 0 Å². The second-order valence-corrected chi connectivity index (χ2v) is 8.19. The lowest BCUT2D eigenvalue weighted by Gasteiger charge is -2.09. The molecule has 0 saturated heterocycles. The van der Waals surface area contributed by atoms with E-state index in [0.717, 1.165) is 5.56 Å². The van der Waals surface area contributed by atoms with Crippen molar-refractivity contribution in [3.63, 3.8) is 0 Å². The normalized spacial score (nSPS) is 10.8. The van der Waals surface area contributed by atoms with E-state index in [0.29, 0.717) is 105 Å². The Hall–Kier alpha value is -2.58. The van der Waals surface area contributed by atoms with E-state index in [1.165, 1.54) is 0 Å². The molecule has 1 N–H and O–H groups in total. The van der Waals surface area contributed by atoms with Crippen molar-refractivity contribution in [1.82, 2.24) is 5.32 Å². The Labute approximate surface area is 237 Å². The van der Waals surface area contributed by atoms with Crippen molar-refractivity contribution >= 4 is 12.1 Å². The first kappa shape index (κ1) is 35.4. The molecule has 0 aliphatic rings. The van der Waals surface area contributed by atoms with Crippen molar-refractivity contribution in [2.75, 3.05) is 106 Å². The quantitative estimate of drug-likeness (QED) is 0.0947. The van der Waals surface area contributed by atoms with Crippen molar-refractivity contribution in [3.8, 4) is 0 Å². The summed E-state index contributed by atoms with van der Waals surface area (Å²) in [7, 11) is 0. The van der Waals surface area contributed by atoms with E-state index in [2.05, 4.69) is 11.9 Å². The maximum Gasteiger partial charge on any atom is 0.407 e. The summed E-state index contributed by atoms with van der Waals surface area (Å²) in [4.78, 5) is 22.8. The van der Waals surface area contributed by atoms with Gasteiger partial charge in [0, 0.05) is 12.1 Å². The van der Waals surface area contributed by atoms with Crippen LogP contribution < -0.4 is 5.32 Å². The van der Waals surface area contributed by atoms with Crippen LogP contribution in [0.2, 0.25) is 0 Å². The first-order chi connectivity index (χ1) is 19.6. The summed E-state index contributed by atoms with van der Waals surface area (Å²) in [5.74, 6) is -0.416. The zero-order chi connectivity index (χ0) is 28.9. The Morgan fingerprint density at radius 3 is 1.43 bits per heavy atom. The molecule has 40 heavy (non-hydrogen) atoms. The fraction of sp³-hybridized carbons (Fsp3) is 0.643. The van der Waals surface area contributed by atoms with E-state index in [-0.39, 0.29) is 13.2 Å². The molecule has 0 heterocycles. The van der Waals surface area contributed by atoms with Crippen molar-refractivity contribution < 1.29 is 52.2 Å². The highest BCUT2D eigenvalue weighted by molar-refractivity contribution is 5.86. The predicted molar refractivity (Wildman–Crippen MR) is 146 cm³/mol. The molecule has 1 aromatic rings. The lowest BCUT2D eigenvalue weighted by Crippen LogP contribution is -2.28. The molecule has 0 unspecified atom stereocenters. The van der Waals surface area contributed by atoms with Crippen LogP contribution in [0, 0.1) is 0 Å². The highest BCUT2D eigenvalue weighted by Crippen LogP contribution is 2.00. The van der Waals surface area contributed by atoms with Gasteiger partial charge in [-0.25, -0.2) is 9.59 Å². The van der Waals surface area contributed by atoms with Crippen molar-refractivity contribution in [2.24, 2.45) is 0 Å². The van der Waals surface area contributed by atoms with Crippen LogP contribution in [0.5, 0.6) is 0 Å². The van der Waals surface area contributed by atoms with E-state index in [9.17, 15) is 9.59 Å². The van der Waals surface area contributed by atoms with Gasteiger partial charge in [0.25, 0.3) is 0 Å². The minimum absolute atomic E-state index is 0.195. The molecule has 0 fully saturated rings. The molecule has 1 amide bonds. The van der Waals surface area contributed by atoms with Gasteiger partial charge in [0.15, 0.2) is 0 Å². The smallest absolute Gasteiger partial charge is 0.407 e. The van der Waals surface area contributed by atoms with Gasteiger partial charge in [-0.1, -0.05) is 36.9 Å². The van der Waals surface area contributed by atoms with Gasteiger partial charge in [0.05, 0.1) is 92.5 Å². The molecule has 0 aliphatic heterocycles. The molecule has 0 radical (unpaired) electrons. The third-order valence-corrected chi connectivity index (χ3v) is 4.77. The zero-order valence-electron chi connectivity index (χ0n) is 23.6. The Kier molecular flexibility index (Phi) is 23.6. The zero-order valence-corrected chi connectivity index (χ0v) is 23.6. The number of rotatable bonds is 27. The summed E-state index contributed by atoms with van der Waals surface area (Å²) >= 11 is 0. The van der Waals surface area contributed by atoms with Gasteiger partial charge in [-0.3, -0.25) is 0 Å². The molecule has 0 bridgehead atoms. The van der Waals surface area contributed by atoms with E-state index in [4.69, 9.17) is 42.6 Å². The summed E-state index contributed by atoms with van der Waals surface area (Å²) in [5.41, 5.74) is 1.30. The summed E-state index contributed by atoms with van der Waals surface area (Å²) in [6, 6.07) is 9.49. The number of amides is 1. The van der Waals surface area contributed by atoms with E-state index in [1.54, 1.807) is 6.92 Å². The monoisotopic (exact) mass is 571 g/mol. The molecule has 0 atom stereocenters. The maximum absolute atomic E-state index is 11.6. The second-order valence-electron chi connectivity index (χ2n) is 8.19. The number of benzene rings is 1. The molecule has 0 aliphatic carbocycles. The number of nitrogens with one attached hydrogen (secondary N) is 1. The Bertz CT molecular complexity index is 764. The Morgan fingerprint density at radius 2 is 1.00 bits per heavy atom. The van der Waals surface area contributed by atoms with Crippen LogP contribution in [-0.4, -0.2) is 118 Å². The van der Waals surface area contributed by atoms with Gasteiger partial charge >= 0.3 is 12.1 Å². The predicted octanol–water partition coefficient (Wildman–Crippen LogP) is 2.15. The maximum atomic E-state index is 11.6. The van der Waals surface area contributed by atoms with E-state index in [1.807, 2.05) is 30.3 Å². The molecule has 228 valence electrons. The fourth-order valence-electron chi connectivity index (χ4n) is 2.74. The number of carbonyl (C=O) groups is 2. The number of hydrogen-bond acceptors (Lipinski definition) is 11. The Balaban J connectivity index is 1.68. The summed E-state index contributed by atoms with van der Waals surface area (Å²) < 4.78 is 47.8. The summed E-state index contributed by atoms with van der Waals surface area (Å²) in [5, 5.41) is 2.63. The topological polar surface area (TPSA) is 129 Å². The van der Waals surface area contributed by atoms with E-state index < -0.39 is 12.1 Å². The second kappa shape index (κ2) is 26.6. The molecule has 0 saturated carbocycles. The van der Waals surface area contributed by atoms with Gasteiger partial charge in [-0.15, -0.1) is 0 Å². The Morgan fingerprint density at radius 1 is 0.600 bits per heavy atom. The number of alkyl carbamates (subject to hydrolysis) is 1. The largest absolute Gasteiger partial charge is 0.460 e. The molecular weight excluding hydrogens is 526 g/mol. The number of esters is 1. The molecule has 1 rings (SSSR count). The molecule has 1 aromatic carbocycles. The third-order valence-electron chi connectivity index (χ3n) is 4.77. The number of ether oxygens (including phenoxy) is 9. The molecule has 12 nitrogen and oxygen atoms in total. The molecular formula is C28H45NO11. The number of carbonyl (C=O) groups excluding carboxylic acids is 2. The van der Waals surface area contributed by atoms with Gasteiger partial charge in [0.1, 0.15) is 13.2 Å². The highest BCUT2D eigenvalue weighted by atomic mass is 16.6. The average Bonchev–Trinajstić information content (AvgIpc) is 2.96. The lowest BCUT2D eigenvalue weighted by molar-refractivity contribution is -0.140. The van der Waals surface area contributed by atoms with E-state index >= 15 is 0 Å². The van der Waals surface area contributed by atoms with Gasteiger partial charge in [-0.2, -0.15) is 0 Å². The minimum atomic E-state index is -0.473. The fourth-order valence-corrected chi connectivity index (χ4v) is 2.74. The van der Waals surface area contributed by atoms with Crippen LogP contribution in [0.25, 0.3) is 0 Å². The molecule has 0 spiro atoms. The van der Waals surface area contributed by atoms with Crippen LogP contribution in [0.15, 0.2) is 42.5 Å². The third kappa shape index (κ3) is 23.3. The van der Waals surface area contributed by atoms with Gasteiger partial charge in [-0.05, 0) is 12.5 Å². The summed E-state index contributed by atoms with van der Waals surface area (Å²) in [6.07, 6.45) is -0.473. The summed E-state index contributed by atoms with van der Waals surface area (Å²) in [6.45, 7) is 12.1. The van der Waals surface area contributed by atoms with Crippen molar-refractivity contribution in [3.05, 3.63) is 48.0 Å².